The second kappa shape index (κ2) is 69.3. The van der Waals surface area contributed by atoms with E-state index in [2.05, 4.69) is 93.7 Å². The summed E-state index contributed by atoms with van der Waals surface area (Å²) in [6, 6.07) is 0. The minimum atomic E-state index is -0.776. The molecule has 1 atom stereocenters. The molecular formula is C75H134O6. The van der Waals surface area contributed by atoms with Crippen molar-refractivity contribution < 1.29 is 28.6 Å². The minimum Gasteiger partial charge on any atom is -0.462 e. The molecule has 81 heavy (non-hydrogen) atoms. The van der Waals surface area contributed by atoms with Gasteiger partial charge in [-0.1, -0.05) is 351 Å². The first-order valence-corrected chi connectivity index (χ1v) is 35.4. The van der Waals surface area contributed by atoms with Crippen molar-refractivity contribution in [1.29, 1.82) is 0 Å². The van der Waals surface area contributed by atoms with Gasteiger partial charge in [0.25, 0.3) is 0 Å². The van der Waals surface area contributed by atoms with Crippen molar-refractivity contribution in [1.82, 2.24) is 0 Å². The van der Waals surface area contributed by atoms with Crippen molar-refractivity contribution in [3.8, 4) is 0 Å². The molecule has 0 amide bonds. The largest absolute Gasteiger partial charge is 0.462 e. The normalized spacial score (nSPS) is 12.5. The van der Waals surface area contributed by atoms with Gasteiger partial charge in [-0.25, -0.2) is 0 Å². The highest BCUT2D eigenvalue weighted by Gasteiger charge is 2.19. The van der Waals surface area contributed by atoms with E-state index >= 15 is 0 Å². The van der Waals surface area contributed by atoms with Crippen molar-refractivity contribution in [2.45, 2.75) is 374 Å². The number of ether oxygens (including phenoxy) is 3. The molecule has 0 radical (unpaired) electrons. The third kappa shape index (κ3) is 67.5. The lowest BCUT2D eigenvalue weighted by Gasteiger charge is -2.18. The van der Waals surface area contributed by atoms with E-state index < -0.39 is 6.10 Å². The molecule has 0 saturated carbocycles. The fraction of sp³-hybridized carbons (Fsp3) is 0.800. The molecule has 6 heteroatoms. The van der Waals surface area contributed by atoms with E-state index in [1.165, 1.54) is 225 Å². The first-order chi connectivity index (χ1) is 40.0. The zero-order valence-electron chi connectivity index (χ0n) is 54.1. The quantitative estimate of drug-likeness (QED) is 0.0261. The van der Waals surface area contributed by atoms with Gasteiger partial charge in [0.05, 0.1) is 0 Å². The van der Waals surface area contributed by atoms with Gasteiger partial charge in [-0.05, 0) is 70.6 Å². The summed E-state index contributed by atoms with van der Waals surface area (Å²) >= 11 is 0. The highest BCUT2D eigenvalue weighted by Crippen LogP contribution is 2.18. The summed E-state index contributed by atoms with van der Waals surface area (Å²) in [6.45, 7) is 6.56. The zero-order chi connectivity index (χ0) is 58.5. The zero-order valence-corrected chi connectivity index (χ0v) is 54.1. The van der Waals surface area contributed by atoms with Crippen molar-refractivity contribution in [3.63, 3.8) is 0 Å². The van der Waals surface area contributed by atoms with Gasteiger partial charge in [-0.15, -0.1) is 0 Å². The van der Waals surface area contributed by atoms with Crippen LogP contribution in [0.15, 0.2) is 72.9 Å². The van der Waals surface area contributed by atoms with E-state index in [0.29, 0.717) is 19.3 Å². The Kier molecular flexibility index (Phi) is 66.6. The smallest absolute Gasteiger partial charge is 0.306 e. The van der Waals surface area contributed by atoms with E-state index in [9.17, 15) is 14.4 Å². The number of rotatable bonds is 65. The molecule has 0 fully saturated rings. The maximum atomic E-state index is 12.9. The van der Waals surface area contributed by atoms with E-state index in [1.54, 1.807) is 0 Å². The summed E-state index contributed by atoms with van der Waals surface area (Å²) < 4.78 is 17.0. The molecule has 0 heterocycles. The third-order valence-electron chi connectivity index (χ3n) is 15.7. The fourth-order valence-corrected chi connectivity index (χ4v) is 10.5. The van der Waals surface area contributed by atoms with Crippen LogP contribution < -0.4 is 0 Å². The Balaban J connectivity index is 4.19. The number of carbonyl (C=O) groups excluding carboxylic acids is 3. The lowest BCUT2D eigenvalue weighted by molar-refractivity contribution is -0.167. The Hall–Kier alpha value is -3.15. The summed E-state index contributed by atoms with van der Waals surface area (Å²) in [5, 5.41) is 0. The average Bonchev–Trinajstić information content (AvgIpc) is 3.47. The van der Waals surface area contributed by atoms with Gasteiger partial charge in [-0.3, -0.25) is 14.4 Å². The number of allylic oxidation sites excluding steroid dienone is 12. The second-order valence-electron chi connectivity index (χ2n) is 23.8. The molecule has 470 valence electrons. The Morgan fingerprint density at radius 3 is 0.753 bits per heavy atom. The summed E-state index contributed by atoms with van der Waals surface area (Å²) in [5.74, 6) is -0.861. The fourth-order valence-electron chi connectivity index (χ4n) is 10.5. The summed E-state index contributed by atoms with van der Waals surface area (Å²) in [5.41, 5.74) is 0. The van der Waals surface area contributed by atoms with Crippen LogP contribution in [0.2, 0.25) is 0 Å². The summed E-state index contributed by atoms with van der Waals surface area (Å²) in [6.07, 6.45) is 90.8. The van der Waals surface area contributed by atoms with Crippen LogP contribution in [-0.2, 0) is 28.6 Å². The number of carbonyl (C=O) groups is 3. The molecule has 0 spiro atoms. The molecule has 0 bridgehead atoms. The van der Waals surface area contributed by atoms with Crippen LogP contribution in [0.5, 0.6) is 0 Å². The number of esters is 3. The first-order valence-electron chi connectivity index (χ1n) is 35.4. The summed E-state index contributed by atoms with van der Waals surface area (Å²) in [4.78, 5) is 38.3. The Labute approximate surface area is 503 Å². The second-order valence-corrected chi connectivity index (χ2v) is 23.8. The third-order valence-corrected chi connectivity index (χ3v) is 15.7. The van der Waals surface area contributed by atoms with Crippen LogP contribution in [0.4, 0.5) is 0 Å². The van der Waals surface area contributed by atoms with E-state index in [0.717, 1.165) is 103 Å². The minimum absolute atomic E-state index is 0.0729. The standard InChI is InChI=1S/C75H134O6/c1-4-7-10-13-16-19-22-24-26-28-30-32-34-36-38-40-41-43-45-47-49-51-53-56-59-62-65-68-74(77)80-71-72(70-79-73(76)67-64-61-58-55-21-18-15-12-9-6-3)81-75(78)69-66-63-60-57-54-52-50-48-46-44-42-39-37-35-33-31-29-27-25-23-20-17-14-11-8-5-2/h7,10,16,19,24,26,30,32,36,38,41,43,72H,4-6,8-9,11-15,17-18,20-23,25,27-29,31,33-35,37,39-40,42,44-71H2,1-3H3/b10-7-,19-16-,26-24-,32-30-,38-36-,43-41-. The average molecular weight is 1130 g/mol. The maximum Gasteiger partial charge on any atom is 0.306 e. The highest BCUT2D eigenvalue weighted by atomic mass is 16.6. The topological polar surface area (TPSA) is 78.9 Å². The van der Waals surface area contributed by atoms with Crippen molar-refractivity contribution in [3.05, 3.63) is 72.9 Å². The molecule has 6 nitrogen and oxygen atoms in total. The monoisotopic (exact) mass is 1130 g/mol. The highest BCUT2D eigenvalue weighted by molar-refractivity contribution is 5.71. The van der Waals surface area contributed by atoms with Crippen LogP contribution in [0.3, 0.4) is 0 Å². The molecule has 1 unspecified atom stereocenters. The molecule has 0 aromatic heterocycles. The summed E-state index contributed by atoms with van der Waals surface area (Å²) in [7, 11) is 0. The van der Waals surface area contributed by atoms with Crippen LogP contribution >= 0.6 is 0 Å². The molecule has 0 rings (SSSR count). The van der Waals surface area contributed by atoms with Gasteiger partial charge in [0.1, 0.15) is 13.2 Å². The van der Waals surface area contributed by atoms with Crippen LogP contribution in [-0.4, -0.2) is 37.2 Å². The molecule has 0 aliphatic heterocycles. The Morgan fingerprint density at radius 1 is 0.259 bits per heavy atom. The van der Waals surface area contributed by atoms with Gasteiger partial charge in [0.15, 0.2) is 6.10 Å². The van der Waals surface area contributed by atoms with Crippen molar-refractivity contribution >= 4 is 17.9 Å². The van der Waals surface area contributed by atoms with Crippen molar-refractivity contribution in [2.24, 2.45) is 0 Å². The van der Waals surface area contributed by atoms with Crippen molar-refractivity contribution in [2.75, 3.05) is 13.2 Å². The molecule has 0 aliphatic rings. The lowest BCUT2D eigenvalue weighted by Crippen LogP contribution is -2.30. The molecule has 0 saturated heterocycles. The van der Waals surface area contributed by atoms with Gasteiger partial charge >= 0.3 is 17.9 Å². The van der Waals surface area contributed by atoms with Gasteiger partial charge in [0.2, 0.25) is 0 Å². The molecule has 0 N–H and O–H groups in total. The Morgan fingerprint density at radius 2 is 0.481 bits per heavy atom. The molecule has 0 aliphatic carbocycles. The number of hydrogen-bond acceptors (Lipinski definition) is 6. The van der Waals surface area contributed by atoms with Gasteiger partial charge in [-0.2, -0.15) is 0 Å². The van der Waals surface area contributed by atoms with Crippen LogP contribution in [0.1, 0.15) is 367 Å². The van der Waals surface area contributed by atoms with Crippen LogP contribution in [0, 0.1) is 0 Å². The maximum absolute atomic E-state index is 12.9. The van der Waals surface area contributed by atoms with E-state index in [-0.39, 0.29) is 31.1 Å². The number of unbranched alkanes of at least 4 members (excludes halogenated alkanes) is 42. The van der Waals surface area contributed by atoms with Gasteiger partial charge < -0.3 is 14.2 Å². The predicted molar refractivity (Wildman–Crippen MR) is 353 cm³/mol. The predicted octanol–water partition coefficient (Wildman–Crippen LogP) is 24.4. The lowest BCUT2D eigenvalue weighted by atomic mass is 10.0. The molecule has 0 aromatic rings. The van der Waals surface area contributed by atoms with Gasteiger partial charge in [0, 0.05) is 19.3 Å². The van der Waals surface area contributed by atoms with E-state index in [4.69, 9.17) is 14.2 Å². The number of hydrogen-bond donors (Lipinski definition) is 0. The SMILES string of the molecule is CC/C=C\C/C=C\C/C=C\C/C=C\C/C=C\C/C=C\CCCCCCCCCCC(=O)OCC(COC(=O)CCCCCCCCCCCC)OC(=O)CCCCCCCCCCCCCCCCCCCCCCCCCCCC. The molecular weight excluding hydrogens is 997 g/mol. The Bertz CT molecular complexity index is 1490. The van der Waals surface area contributed by atoms with E-state index in [1.807, 2.05) is 0 Å². The molecule has 0 aromatic carbocycles. The first kappa shape index (κ1) is 77.9. The van der Waals surface area contributed by atoms with Crippen LogP contribution in [0.25, 0.3) is 0 Å².